The maximum Gasteiger partial charge on any atom is 0.307 e. The summed E-state index contributed by atoms with van der Waals surface area (Å²) < 4.78 is 27.6. The molecule has 1 fully saturated rings. The number of hydrogen-bond donors (Lipinski definition) is 1. The van der Waals surface area contributed by atoms with Gasteiger partial charge in [0.05, 0.1) is 23.7 Å². The van der Waals surface area contributed by atoms with Gasteiger partial charge in [0.2, 0.25) is 0 Å². The van der Waals surface area contributed by atoms with Gasteiger partial charge in [-0.15, -0.1) is 11.3 Å². The number of rotatable bonds is 5. The molecule has 7 nitrogen and oxygen atoms in total. The zero-order valence-corrected chi connectivity index (χ0v) is 13.7. The summed E-state index contributed by atoms with van der Waals surface area (Å²) in [5, 5.41) is 9.06. The van der Waals surface area contributed by atoms with E-state index in [-0.39, 0.29) is 13.1 Å². The Bertz CT molecular complexity index is 614. The Hall–Kier alpha value is -1.03. The molecular formula is C12H19N3O4S2. The molecule has 1 saturated heterocycles. The Morgan fingerprint density at radius 3 is 2.90 bits per heavy atom. The number of aliphatic carboxylic acids is 1. The topological polar surface area (TPSA) is 90.8 Å². The van der Waals surface area contributed by atoms with Crippen molar-refractivity contribution in [3.05, 3.63) is 16.1 Å². The minimum Gasteiger partial charge on any atom is -0.481 e. The summed E-state index contributed by atoms with van der Waals surface area (Å²) in [4.78, 5) is 16.1. The van der Waals surface area contributed by atoms with Crippen LogP contribution in [0.4, 0.5) is 0 Å². The number of aryl methyl sites for hydroxylation is 1. The fourth-order valence-corrected chi connectivity index (χ4v) is 4.64. The predicted molar refractivity (Wildman–Crippen MR) is 79.2 cm³/mol. The molecular weight excluding hydrogens is 314 g/mol. The van der Waals surface area contributed by atoms with Crippen LogP contribution >= 0.6 is 11.3 Å². The molecule has 21 heavy (non-hydrogen) atoms. The molecule has 1 aromatic heterocycles. The van der Waals surface area contributed by atoms with Crippen LogP contribution in [0.1, 0.15) is 23.4 Å². The molecule has 0 aliphatic carbocycles. The van der Waals surface area contributed by atoms with Gasteiger partial charge in [-0.3, -0.25) is 4.79 Å². The smallest absolute Gasteiger partial charge is 0.307 e. The highest BCUT2D eigenvalue weighted by molar-refractivity contribution is 7.86. The van der Waals surface area contributed by atoms with Gasteiger partial charge in [0.25, 0.3) is 10.2 Å². The fraction of sp³-hybridized carbons (Fsp3) is 0.667. The molecule has 1 aromatic rings. The van der Waals surface area contributed by atoms with Gasteiger partial charge in [0, 0.05) is 25.0 Å². The molecule has 0 aromatic carbocycles. The number of piperidine rings is 1. The number of hydrogen-bond acceptors (Lipinski definition) is 5. The molecule has 0 bridgehead atoms. The minimum absolute atomic E-state index is 0.0453. The van der Waals surface area contributed by atoms with E-state index in [2.05, 4.69) is 4.98 Å². The van der Waals surface area contributed by atoms with Crippen molar-refractivity contribution in [2.75, 3.05) is 20.1 Å². The van der Waals surface area contributed by atoms with Crippen LogP contribution in [0.25, 0.3) is 0 Å². The second kappa shape index (κ2) is 6.39. The van der Waals surface area contributed by atoms with E-state index in [4.69, 9.17) is 5.11 Å². The largest absolute Gasteiger partial charge is 0.481 e. The molecule has 118 valence electrons. The first-order chi connectivity index (χ1) is 9.82. The van der Waals surface area contributed by atoms with E-state index in [1.165, 1.54) is 27.0 Å². The summed E-state index contributed by atoms with van der Waals surface area (Å²) in [6, 6.07) is 0. The zero-order valence-electron chi connectivity index (χ0n) is 12.0. The average Bonchev–Trinajstić information content (AvgIpc) is 2.84. The van der Waals surface area contributed by atoms with Gasteiger partial charge in [-0.2, -0.15) is 17.0 Å². The van der Waals surface area contributed by atoms with E-state index < -0.39 is 22.1 Å². The van der Waals surface area contributed by atoms with Gasteiger partial charge >= 0.3 is 5.97 Å². The summed E-state index contributed by atoms with van der Waals surface area (Å²) in [6.07, 6.45) is 1.10. The van der Waals surface area contributed by atoms with Gasteiger partial charge in [0.15, 0.2) is 0 Å². The van der Waals surface area contributed by atoms with Crippen LogP contribution in [0.5, 0.6) is 0 Å². The van der Waals surface area contributed by atoms with Crippen molar-refractivity contribution in [2.24, 2.45) is 5.92 Å². The Morgan fingerprint density at radius 2 is 2.33 bits per heavy atom. The molecule has 2 rings (SSSR count). The van der Waals surface area contributed by atoms with Crippen molar-refractivity contribution in [1.82, 2.24) is 13.6 Å². The van der Waals surface area contributed by atoms with Crippen LogP contribution in [-0.4, -0.2) is 53.2 Å². The molecule has 9 heteroatoms. The molecule has 0 spiro atoms. The van der Waals surface area contributed by atoms with E-state index in [1.807, 2.05) is 6.92 Å². The van der Waals surface area contributed by atoms with E-state index in [0.717, 1.165) is 10.6 Å². The summed E-state index contributed by atoms with van der Waals surface area (Å²) in [6.45, 7) is 2.52. The highest BCUT2D eigenvalue weighted by atomic mass is 32.2. The van der Waals surface area contributed by atoms with Crippen LogP contribution in [0.3, 0.4) is 0 Å². The number of carbonyl (C=O) groups is 1. The minimum atomic E-state index is -3.64. The summed E-state index contributed by atoms with van der Waals surface area (Å²) >= 11 is 1.42. The van der Waals surface area contributed by atoms with Gasteiger partial charge in [-0.25, -0.2) is 4.98 Å². The lowest BCUT2D eigenvalue weighted by atomic mass is 10.0. The van der Waals surface area contributed by atoms with E-state index in [1.54, 1.807) is 5.51 Å². The highest BCUT2D eigenvalue weighted by Crippen LogP contribution is 2.23. The third kappa shape index (κ3) is 3.60. The van der Waals surface area contributed by atoms with Crippen molar-refractivity contribution in [1.29, 1.82) is 0 Å². The van der Waals surface area contributed by atoms with Gasteiger partial charge in [-0.05, 0) is 19.8 Å². The zero-order chi connectivity index (χ0) is 15.6. The maximum absolute atomic E-state index is 12.5. The molecule has 1 N–H and O–H groups in total. The number of carboxylic acid groups (broad SMARTS) is 1. The number of thiazole rings is 1. The van der Waals surface area contributed by atoms with E-state index in [0.29, 0.717) is 19.4 Å². The first-order valence-electron chi connectivity index (χ1n) is 6.65. The van der Waals surface area contributed by atoms with Gasteiger partial charge < -0.3 is 5.11 Å². The first-order valence-corrected chi connectivity index (χ1v) is 8.93. The SMILES string of the molecule is Cc1ncsc1CN(C)S(=O)(=O)N1CCCC(C(=O)O)C1. The van der Waals surface area contributed by atoms with Gasteiger partial charge in [-0.1, -0.05) is 0 Å². The van der Waals surface area contributed by atoms with Crippen LogP contribution < -0.4 is 0 Å². The Kier molecular flexibility index (Phi) is 4.97. The molecule has 0 amide bonds. The van der Waals surface area contributed by atoms with Gasteiger partial charge in [0.1, 0.15) is 0 Å². The lowest BCUT2D eigenvalue weighted by Crippen LogP contribution is -2.47. The number of nitrogens with zero attached hydrogens (tertiary/aromatic N) is 3. The summed E-state index contributed by atoms with van der Waals surface area (Å²) in [7, 11) is -2.13. The maximum atomic E-state index is 12.5. The number of carboxylic acids is 1. The van der Waals surface area contributed by atoms with E-state index in [9.17, 15) is 13.2 Å². The Labute approximate surface area is 128 Å². The fourth-order valence-electron chi connectivity index (χ4n) is 2.31. The van der Waals surface area contributed by atoms with Crippen LogP contribution in [0.15, 0.2) is 5.51 Å². The van der Waals surface area contributed by atoms with Crippen molar-refractivity contribution < 1.29 is 18.3 Å². The lowest BCUT2D eigenvalue weighted by molar-refractivity contribution is -0.142. The second-order valence-electron chi connectivity index (χ2n) is 5.16. The molecule has 2 heterocycles. The Morgan fingerprint density at radius 1 is 1.62 bits per heavy atom. The van der Waals surface area contributed by atoms with Crippen molar-refractivity contribution in [3.8, 4) is 0 Å². The molecule has 0 saturated carbocycles. The molecule has 1 aliphatic rings. The van der Waals surface area contributed by atoms with E-state index >= 15 is 0 Å². The molecule has 0 radical (unpaired) electrons. The normalized spacial score (nSPS) is 20.8. The third-order valence-corrected chi connectivity index (χ3v) is 6.49. The van der Waals surface area contributed by atoms with Crippen molar-refractivity contribution >= 4 is 27.5 Å². The van der Waals surface area contributed by atoms with Crippen LogP contribution in [0.2, 0.25) is 0 Å². The summed E-state index contributed by atoms with van der Waals surface area (Å²) in [5.74, 6) is -1.55. The molecule has 1 unspecified atom stereocenters. The quantitative estimate of drug-likeness (QED) is 0.865. The monoisotopic (exact) mass is 333 g/mol. The molecule has 1 aliphatic heterocycles. The first kappa shape index (κ1) is 16.3. The predicted octanol–water partition coefficient (Wildman–Crippen LogP) is 0.925. The van der Waals surface area contributed by atoms with Crippen LogP contribution in [0, 0.1) is 12.8 Å². The molecule has 1 atom stereocenters. The highest BCUT2D eigenvalue weighted by Gasteiger charge is 2.34. The standard InChI is InChI=1S/C12H19N3O4S2/c1-9-11(20-8-13-9)7-14(2)21(18,19)15-5-3-4-10(6-15)12(16)17/h8,10H,3-7H2,1-2H3,(H,16,17). The average molecular weight is 333 g/mol. The van der Waals surface area contributed by atoms with Crippen molar-refractivity contribution in [3.63, 3.8) is 0 Å². The second-order valence-corrected chi connectivity index (χ2v) is 8.13. The summed E-state index contributed by atoms with van der Waals surface area (Å²) in [5.41, 5.74) is 2.51. The lowest BCUT2D eigenvalue weighted by Gasteiger charge is -2.32. The number of aromatic nitrogens is 1. The van der Waals surface area contributed by atoms with Crippen molar-refractivity contribution in [2.45, 2.75) is 26.3 Å². The third-order valence-electron chi connectivity index (χ3n) is 3.66. The van der Waals surface area contributed by atoms with Crippen LogP contribution in [-0.2, 0) is 21.5 Å². The Balaban J connectivity index is 2.09.